The fourth-order valence-electron chi connectivity index (χ4n) is 0.959. The molecule has 1 aromatic rings. The quantitative estimate of drug-likeness (QED) is 0.686. The van der Waals surface area contributed by atoms with Crippen molar-refractivity contribution in [2.24, 2.45) is 0 Å². The Morgan fingerprint density at radius 2 is 2.17 bits per heavy atom. The maximum atomic E-state index is 5.90. The molecule has 0 atom stereocenters. The Bertz CT molecular complexity index is 261. The van der Waals surface area contributed by atoms with Gasteiger partial charge in [0.1, 0.15) is 5.75 Å². The van der Waals surface area contributed by atoms with Crippen molar-refractivity contribution < 1.29 is 4.74 Å². The number of ether oxygens (including phenoxy) is 1. The van der Waals surface area contributed by atoms with Gasteiger partial charge in [-0.3, -0.25) is 0 Å². The molecule has 0 unspecified atom stereocenters. The van der Waals surface area contributed by atoms with E-state index in [-0.39, 0.29) is 0 Å². The van der Waals surface area contributed by atoms with Crippen molar-refractivity contribution in [3.05, 3.63) is 28.8 Å². The first-order chi connectivity index (χ1) is 5.79. The van der Waals surface area contributed by atoms with Gasteiger partial charge in [0.25, 0.3) is 0 Å². The van der Waals surface area contributed by atoms with E-state index in [0.717, 1.165) is 11.3 Å². The van der Waals surface area contributed by atoms with Crippen LogP contribution in [-0.2, 0) is 5.88 Å². The van der Waals surface area contributed by atoms with Crippen molar-refractivity contribution in [2.75, 3.05) is 6.61 Å². The number of alkyl halides is 1. The third-order valence-corrected chi connectivity index (χ3v) is 2.13. The molecule has 1 aromatic carbocycles. The number of rotatable bonds is 3. The third kappa shape index (κ3) is 2.05. The van der Waals surface area contributed by atoms with E-state index in [1.165, 1.54) is 0 Å². The summed E-state index contributed by atoms with van der Waals surface area (Å²) in [6.07, 6.45) is 0. The number of hydrogen-bond acceptors (Lipinski definition) is 1. The van der Waals surface area contributed by atoms with E-state index in [9.17, 15) is 0 Å². The standard InChI is InChI=1S/C9H10Cl2O/c1-2-12-9-5-3-4-8(11)7(9)6-10/h3-5H,2,6H2,1H3. The van der Waals surface area contributed by atoms with Crippen LogP contribution in [0.15, 0.2) is 18.2 Å². The first kappa shape index (κ1) is 9.69. The van der Waals surface area contributed by atoms with Crippen LogP contribution in [0.25, 0.3) is 0 Å². The van der Waals surface area contributed by atoms with Gasteiger partial charge in [0, 0.05) is 10.6 Å². The van der Waals surface area contributed by atoms with E-state index < -0.39 is 0 Å². The van der Waals surface area contributed by atoms with Crippen molar-refractivity contribution in [1.29, 1.82) is 0 Å². The SMILES string of the molecule is CCOc1cccc(Cl)c1CCl. The topological polar surface area (TPSA) is 9.23 Å². The van der Waals surface area contributed by atoms with Crippen LogP contribution in [0.5, 0.6) is 5.75 Å². The van der Waals surface area contributed by atoms with E-state index in [0.29, 0.717) is 17.5 Å². The van der Waals surface area contributed by atoms with Gasteiger partial charge in [0.15, 0.2) is 0 Å². The average molecular weight is 205 g/mol. The van der Waals surface area contributed by atoms with E-state index in [1.54, 1.807) is 0 Å². The molecular formula is C9H10Cl2O. The van der Waals surface area contributed by atoms with Crippen LogP contribution >= 0.6 is 23.2 Å². The molecule has 0 heterocycles. The molecule has 0 radical (unpaired) electrons. The normalized spacial score (nSPS) is 9.92. The van der Waals surface area contributed by atoms with Crippen molar-refractivity contribution in [2.45, 2.75) is 12.8 Å². The molecule has 12 heavy (non-hydrogen) atoms. The Kier molecular flexibility index (Phi) is 3.70. The molecule has 1 rings (SSSR count). The highest BCUT2D eigenvalue weighted by Crippen LogP contribution is 2.27. The number of halogens is 2. The van der Waals surface area contributed by atoms with Crippen LogP contribution in [0, 0.1) is 0 Å². The highest BCUT2D eigenvalue weighted by molar-refractivity contribution is 6.32. The smallest absolute Gasteiger partial charge is 0.125 e. The predicted molar refractivity (Wildman–Crippen MR) is 52.2 cm³/mol. The van der Waals surface area contributed by atoms with Crippen LogP contribution < -0.4 is 4.74 Å². The van der Waals surface area contributed by atoms with Crippen LogP contribution in [0.2, 0.25) is 5.02 Å². The Labute approximate surface area is 82.2 Å². The minimum absolute atomic E-state index is 0.384. The minimum Gasteiger partial charge on any atom is -0.493 e. The van der Waals surface area contributed by atoms with E-state index in [2.05, 4.69) is 0 Å². The van der Waals surface area contributed by atoms with Crippen molar-refractivity contribution >= 4 is 23.2 Å². The van der Waals surface area contributed by atoms with Crippen LogP contribution in [0.1, 0.15) is 12.5 Å². The third-order valence-electron chi connectivity index (χ3n) is 1.51. The molecule has 0 fully saturated rings. The summed E-state index contributed by atoms with van der Waals surface area (Å²) in [5, 5.41) is 0.663. The summed E-state index contributed by atoms with van der Waals surface area (Å²) >= 11 is 11.6. The molecule has 0 aliphatic rings. The van der Waals surface area contributed by atoms with Crippen LogP contribution in [-0.4, -0.2) is 6.61 Å². The summed E-state index contributed by atoms with van der Waals surface area (Å²) in [6, 6.07) is 5.53. The van der Waals surface area contributed by atoms with Crippen molar-refractivity contribution in [3.8, 4) is 5.75 Å². The lowest BCUT2D eigenvalue weighted by Gasteiger charge is -2.08. The molecule has 0 aromatic heterocycles. The van der Waals surface area contributed by atoms with Gasteiger partial charge in [-0.15, -0.1) is 11.6 Å². The zero-order chi connectivity index (χ0) is 8.97. The van der Waals surface area contributed by atoms with Crippen LogP contribution in [0.4, 0.5) is 0 Å². The number of hydrogen-bond donors (Lipinski definition) is 0. The van der Waals surface area contributed by atoms with Gasteiger partial charge in [-0.05, 0) is 19.1 Å². The Balaban J connectivity index is 3.00. The molecule has 0 saturated carbocycles. The first-order valence-corrected chi connectivity index (χ1v) is 4.67. The summed E-state index contributed by atoms with van der Waals surface area (Å²) in [7, 11) is 0. The molecule has 3 heteroatoms. The largest absolute Gasteiger partial charge is 0.493 e. The first-order valence-electron chi connectivity index (χ1n) is 3.75. The minimum atomic E-state index is 0.384. The van der Waals surface area contributed by atoms with Gasteiger partial charge < -0.3 is 4.74 Å². The molecule has 66 valence electrons. The Hall–Kier alpha value is -0.400. The second-order valence-electron chi connectivity index (χ2n) is 2.28. The van der Waals surface area contributed by atoms with Gasteiger partial charge in [-0.2, -0.15) is 0 Å². The van der Waals surface area contributed by atoms with Crippen LogP contribution in [0.3, 0.4) is 0 Å². The molecular weight excluding hydrogens is 195 g/mol. The van der Waals surface area contributed by atoms with E-state index in [1.807, 2.05) is 25.1 Å². The lowest BCUT2D eigenvalue weighted by Crippen LogP contribution is -1.95. The summed E-state index contributed by atoms with van der Waals surface area (Å²) in [5.74, 6) is 1.16. The van der Waals surface area contributed by atoms with Crippen molar-refractivity contribution in [3.63, 3.8) is 0 Å². The Morgan fingerprint density at radius 1 is 1.42 bits per heavy atom. The highest BCUT2D eigenvalue weighted by atomic mass is 35.5. The predicted octanol–water partition coefficient (Wildman–Crippen LogP) is 3.48. The maximum Gasteiger partial charge on any atom is 0.125 e. The average Bonchev–Trinajstić information content (AvgIpc) is 2.05. The maximum absolute atomic E-state index is 5.90. The highest BCUT2D eigenvalue weighted by Gasteiger charge is 2.05. The molecule has 0 amide bonds. The lowest BCUT2D eigenvalue weighted by molar-refractivity contribution is 0.337. The summed E-state index contributed by atoms with van der Waals surface area (Å²) in [5.41, 5.74) is 0.864. The zero-order valence-corrected chi connectivity index (χ0v) is 8.32. The second-order valence-corrected chi connectivity index (χ2v) is 2.96. The molecule has 0 N–H and O–H groups in total. The van der Waals surface area contributed by atoms with Gasteiger partial charge in [0.2, 0.25) is 0 Å². The molecule has 0 aliphatic heterocycles. The molecule has 0 aliphatic carbocycles. The summed E-state index contributed by atoms with van der Waals surface area (Å²) < 4.78 is 5.34. The van der Waals surface area contributed by atoms with Gasteiger partial charge >= 0.3 is 0 Å². The number of benzene rings is 1. The summed E-state index contributed by atoms with van der Waals surface area (Å²) in [4.78, 5) is 0. The Morgan fingerprint density at radius 3 is 2.75 bits per heavy atom. The van der Waals surface area contributed by atoms with Gasteiger partial charge in [-0.1, -0.05) is 17.7 Å². The van der Waals surface area contributed by atoms with E-state index >= 15 is 0 Å². The monoisotopic (exact) mass is 204 g/mol. The molecule has 0 saturated heterocycles. The van der Waals surface area contributed by atoms with Crippen molar-refractivity contribution in [1.82, 2.24) is 0 Å². The fourth-order valence-corrected chi connectivity index (χ4v) is 1.54. The molecule has 1 nitrogen and oxygen atoms in total. The fraction of sp³-hybridized carbons (Fsp3) is 0.333. The van der Waals surface area contributed by atoms with Gasteiger partial charge in [0.05, 0.1) is 12.5 Å². The molecule has 0 spiro atoms. The van der Waals surface area contributed by atoms with Gasteiger partial charge in [-0.25, -0.2) is 0 Å². The second kappa shape index (κ2) is 4.58. The molecule has 0 bridgehead atoms. The lowest BCUT2D eigenvalue weighted by atomic mass is 10.2. The van der Waals surface area contributed by atoms with E-state index in [4.69, 9.17) is 27.9 Å². The summed E-state index contributed by atoms with van der Waals surface area (Å²) in [6.45, 7) is 2.56. The zero-order valence-electron chi connectivity index (χ0n) is 6.81.